The molecule has 0 radical (unpaired) electrons. The number of carbonyl (C=O) groups is 1. The zero-order valence-corrected chi connectivity index (χ0v) is 10.5. The van der Waals surface area contributed by atoms with Gasteiger partial charge in [-0.25, -0.2) is 14.8 Å². The summed E-state index contributed by atoms with van der Waals surface area (Å²) in [7, 11) is 0. The van der Waals surface area contributed by atoms with Crippen LogP contribution in [0.15, 0.2) is 52.9 Å². The molecule has 0 unspecified atom stereocenters. The van der Waals surface area contributed by atoms with Crippen molar-refractivity contribution in [2.75, 3.05) is 0 Å². The Morgan fingerprint density at radius 3 is 2.95 bits per heavy atom. The summed E-state index contributed by atoms with van der Waals surface area (Å²) in [5.41, 5.74) is 1.11. The lowest BCUT2D eigenvalue weighted by molar-refractivity contribution is 0.0691. The van der Waals surface area contributed by atoms with E-state index in [9.17, 15) is 4.79 Å². The smallest absolute Gasteiger partial charge is 0.340 e. The Labute approximate surface area is 112 Å². The Morgan fingerprint density at radius 1 is 1.32 bits per heavy atom. The van der Waals surface area contributed by atoms with Gasteiger partial charge in [-0.05, 0) is 12.1 Å². The molecular formula is C13H9N3O2S. The highest BCUT2D eigenvalue weighted by Gasteiger charge is 2.13. The molecular weight excluding hydrogens is 262 g/mol. The van der Waals surface area contributed by atoms with E-state index in [1.807, 2.05) is 30.3 Å². The Hall–Kier alpha value is -2.34. The topological polar surface area (TPSA) is 78.9 Å². The zero-order valence-electron chi connectivity index (χ0n) is 9.70. The summed E-state index contributed by atoms with van der Waals surface area (Å²) in [6.07, 6.45) is 2.65. The highest BCUT2D eigenvalue weighted by molar-refractivity contribution is 7.99. The van der Waals surface area contributed by atoms with Crippen LogP contribution in [0.1, 0.15) is 10.4 Å². The summed E-state index contributed by atoms with van der Waals surface area (Å²) < 4.78 is 0. The number of carboxylic acid groups (broad SMARTS) is 1. The van der Waals surface area contributed by atoms with Crippen LogP contribution in [0, 0.1) is 0 Å². The lowest BCUT2D eigenvalue weighted by atomic mass is 10.3. The molecule has 0 amide bonds. The second kappa shape index (κ2) is 4.74. The first-order valence-corrected chi connectivity index (χ1v) is 6.34. The SMILES string of the molecule is O=C(O)c1cncnc1Sc1cc2ccccc2[nH]1. The number of aromatic nitrogens is 3. The molecule has 94 valence electrons. The number of aromatic amines is 1. The molecule has 3 rings (SSSR count). The first-order valence-electron chi connectivity index (χ1n) is 5.53. The van der Waals surface area contributed by atoms with Crippen molar-refractivity contribution in [2.45, 2.75) is 10.1 Å². The van der Waals surface area contributed by atoms with Crippen molar-refractivity contribution in [1.82, 2.24) is 15.0 Å². The van der Waals surface area contributed by atoms with Crippen LogP contribution in [-0.4, -0.2) is 26.0 Å². The van der Waals surface area contributed by atoms with E-state index in [0.29, 0.717) is 5.03 Å². The van der Waals surface area contributed by atoms with E-state index in [-0.39, 0.29) is 5.56 Å². The van der Waals surface area contributed by atoms with E-state index in [1.165, 1.54) is 24.3 Å². The van der Waals surface area contributed by atoms with Crippen LogP contribution in [0.3, 0.4) is 0 Å². The third kappa shape index (κ3) is 2.30. The minimum absolute atomic E-state index is 0.103. The lowest BCUT2D eigenvalue weighted by Crippen LogP contribution is -2.01. The molecule has 0 saturated heterocycles. The van der Waals surface area contributed by atoms with Crippen LogP contribution in [0.25, 0.3) is 10.9 Å². The van der Waals surface area contributed by atoms with Gasteiger partial charge >= 0.3 is 5.97 Å². The number of rotatable bonds is 3. The fraction of sp³-hybridized carbons (Fsp3) is 0. The van der Waals surface area contributed by atoms with Crippen molar-refractivity contribution < 1.29 is 9.90 Å². The number of H-pyrrole nitrogens is 1. The molecule has 0 fully saturated rings. The quantitative estimate of drug-likeness (QED) is 0.716. The minimum Gasteiger partial charge on any atom is -0.478 e. The van der Waals surface area contributed by atoms with Gasteiger partial charge in [-0.1, -0.05) is 30.0 Å². The van der Waals surface area contributed by atoms with Crippen LogP contribution in [-0.2, 0) is 0 Å². The van der Waals surface area contributed by atoms with Crippen LogP contribution in [0.2, 0.25) is 0 Å². The number of hydrogen-bond donors (Lipinski definition) is 2. The molecule has 0 aliphatic heterocycles. The summed E-state index contributed by atoms with van der Waals surface area (Å²) in [6.45, 7) is 0. The van der Waals surface area contributed by atoms with E-state index < -0.39 is 5.97 Å². The molecule has 0 atom stereocenters. The normalized spacial score (nSPS) is 10.7. The first-order chi connectivity index (χ1) is 9.24. The molecule has 5 nitrogen and oxygen atoms in total. The summed E-state index contributed by atoms with van der Waals surface area (Å²) >= 11 is 1.28. The van der Waals surface area contributed by atoms with Gasteiger partial charge in [0.25, 0.3) is 0 Å². The number of para-hydroxylation sites is 1. The third-order valence-electron chi connectivity index (χ3n) is 2.62. The second-order valence-corrected chi connectivity index (χ2v) is 4.90. The van der Waals surface area contributed by atoms with Gasteiger partial charge in [0, 0.05) is 17.1 Å². The van der Waals surface area contributed by atoms with Crippen LogP contribution >= 0.6 is 11.8 Å². The summed E-state index contributed by atoms with van der Waals surface area (Å²) in [5.74, 6) is -1.03. The standard InChI is InChI=1S/C13H9N3O2S/c17-13(18)9-6-14-7-15-12(9)19-11-5-8-3-1-2-4-10(8)16-11/h1-7,16H,(H,17,18). The van der Waals surface area contributed by atoms with Crippen molar-refractivity contribution in [3.63, 3.8) is 0 Å². The Kier molecular flexibility index (Phi) is 2.92. The molecule has 1 aromatic carbocycles. The third-order valence-corrected chi connectivity index (χ3v) is 3.58. The Bertz CT molecular complexity index is 721. The number of nitrogens with zero attached hydrogens (tertiary/aromatic N) is 2. The van der Waals surface area contributed by atoms with E-state index >= 15 is 0 Å². The van der Waals surface area contributed by atoms with Crippen molar-refractivity contribution >= 4 is 28.6 Å². The monoisotopic (exact) mass is 271 g/mol. The van der Waals surface area contributed by atoms with Crippen LogP contribution in [0.5, 0.6) is 0 Å². The molecule has 0 spiro atoms. The van der Waals surface area contributed by atoms with E-state index in [1.54, 1.807) is 0 Å². The van der Waals surface area contributed by atoms with E-state index in [0.717, 1.165) is 15.9 Å². The van der Waals surface area contributed by atoms with Crippen molar-refractivity contribution in [2.24, 2.45) is 0 Å². The molecule has 2 heterocycles. The molecule has 2 N–H and O–H groups in total. The molecule has 0 aliphatic rings. The number of benzene rings is 1. The van der Waals surface area contributed by atoms with E-state index in [4.69, 9.17) is 5.11 Å². The summed E-state index contributed by atoms with van der Waals surface area (Å²) in [5, 5.41) is 11.4. The zero-order chi connectivity index (χ0) is 13.2. The maximum atomic E-state index is 11.1. The fourth-order valence-electron chi connectivity index (χ4n) is 1.75. The molecule has 3 aromatic rings. The van der Waals surface area contributed by atoms with Crippen LogP contribution in [0.4, 0.5) is 0 Å². The van der Waals surface area contributed by atoms with Gasteiger partial charge in [0.05, 0.1) is 5.03 Å². The molecule has 0 aliphatic carbocycles. The van der Waals surface area contributed by atoms with E-state index in [2.05, 4.69) is 15.0 Å². The number of carboxylic acids is 1. The fourth-order valence-corrected chi connectivity index (χ4v) is 2.66. The maximum absolute atomic E-state index is 11.1. The van der Waals surface area contributed by atoms with Gasteiger partial charge in [0.1, 0.15) is 16.9 Å². The van der Waals surface area contributed by atoms with Gasteiger partial charge in [0.2, 0.25) is 0 Å². The minimum atomic E-state index is -1.03. The van der Waals surface area contributed by atoms with Gasteiger partial charge in [-0.2, -0.15) is 0 Å². The van der Waals surface area contributed by atoms with Gasteiger partial charge in [-0.15, -0.1) is 0 Å². The molecule has 2 aromatic heterocycles. The van der Waals surface area contributed by atoms with Crippen molar-refractivity contribution in [3.05, 3.63) is 48.4 Å². The van der Waals surface area contributed by atoms with Crippen molar-refractivity contribution in [1.29, 1.82) is 0 Å². The van der Waals surface area contributed by atoms with Gasteiger partial charge in [0.15, 0.2) is 0 Å². The number of nitrogens with one attached hydrogen (secondary N) is 1. The number of aromatic carboxylic acids is 1. The summed E-state index contributed by atoms with van der Waals surface area (Å²) in [6, 6.07) is 9.83. The molecule has 0 saturated carbocycles. The largest absolute Gasteiger partial charge is 0.478 e. The molecule has 0 bridgehead atoms. The average Bonchev–Trinajstić information content (AvgIpc) is 2.81. The van der Waals surface area contributed by atoms with Gasteiger partial charge in [-0.3, -0.25) is 0 Å². The highest BCUT2D eigenvalue weighted by Crippen LogP contribution is 2.30. The number of fused-ring (bicyclic) bond motifs is 1. The second-order valence-electron chi connectivity index (χ2n) is 3.87. The Morgan fingerprint density at radius 2 is 2.16 bits per heavy atom. The Balaban J connectivity index is 1.99. The molecule has 6 heteroatoms. The lowest BCUT2D eigenvalue weighted by Gasteiger charge is -2.01. The first kappa shape index (κ1) is 11.7. The predicted molar refractivity (Wildman–Crippen MR) is 71.4 cm³/mol. The number of hydrogen-bond acceptors (Lipinski definition) is 4. The predicted octanol–water partition coefficient (Wildman–Crippen LogP) is 2.81. The molecule has 19 heavy (non-hydrogen) atoms. The van der Waals surface area contributed by atoms with Crippen LogP contribution < -0.4 is 0 Å². The van der Waals surface area contributed by atoms with Crippen molar-refractivity contribution in [3.8, 4) is 0 Å². The van der Waals surface area contributed by atoms with Gasteiger partial charge < -0.3 is 10.1 Å². The highest BCUT2D eigenvalue weighted by atomic mass is 32.2. The average molecular weight is 271 g/mol. The summed E-state index contributed by atoms with van der Waals surface area (Å²) in [4.78, 5) is 22.1. The maximum Gasteiger partial charge on any atom is 0.340 e.